The Morgan fingerprint density at radius 3 is 2.27 bits per heavy atom. The Morgan fingerprint density at radius 2 is 1.80 bits per heavy atom. The lowest BCUT2D eigenvalue weighted by molar-refractivity contribution is -0.131. The largest absolute Gasteiger partial charge is 0.478 e. The molecule has 0 saturated carbocycles. The van der Waals surface area contributed by atoms with Crippen molar-refractivity contribution in [1.82, 2.24) is 0 Å². The Balaban J connectivity index is 2.79. The topological polar surface area (TPSA) is 54.4 Å². The van der Waals surface area contributed by atoms with Crippen molar-refractivity contribution in [3.63, 3.8) is 0 Å². The van der Waals surface area contributed by atoms with E-state index in [9.17, 15) is 9.59 Å². The number of carboxylic acids is 1. The van der Waals surface area contributed by atoms with Crippen LogP contribution >= 0.6 is 0 Å². The van der Waals surface area contributed by atoms with E-state index < -0.39 is 5.97 Å². The molecule has 3 nitrogen and oxygen atoms in total. The summed E-state index contributed by atoms with van der Waals surface area (Å²) in [5.74, 6) is -1.41. The van der Waals surface area contributed by atoms with Gasteiger partial charge in [-0.2, -0.15) is 0 Å². The maximum atomic E-state index is 11.4. The molecule has 0 aliphatic carbocycles. The highest BCUT2D eigenvalue weighted by Gasteiger charge is 2.01. The van der Waals surface area contributed by atoms with Crippen LogP contribution < -0.4 is 0 Å². The van der Waals surface area contributed by atoms with E-state index in [-0.39, 0.29) is 5.78 Å². The fraction of sp³-hybridized carbons (Fsp3) is 0.167. The number of carbonyl (C=O) groups excluding carboxylic acids is 1. The maximum Gasteiger partial charge on any atom is 0.328 e. The van der Waals surface area contributed by atoms with Crippen molar-refractivity contribution >= 4 is 11.8 Å². The lowest BCUT2D eigenvalue weighted by Crippen LogP contribution is -1.96. The molecule has 0 aliphatic heterocycles. The third kappa shape index (κ3) is 3.38. The van der Waals surface area contributed by atoms with Crippen LogP contribution in [0.2, 0.25) is 0 Å². The first-order chi connectivity index (χ1) is 7.13. The fourth-order valence-corrected chi connectivity index (χ4v) is 1.15. The molecule has 0 fully saturated rings. The quantitative estimate of drug-likeness (QED) is 0.603. The molecule has 0 aromatic heterocycles. The molecule has 0 bridgehead atoms. The molecule has 3 heteroatoms. The Morgan fingerprint density at radius 1 is 1.20 bits per heavy atom. The molecule has 1 rings (SSSR count). The van der Waals surface area contributed by atoms with E-state index in [1.54, 1.807) is 12.1 Å². The molecular weight excluding hydrogens is 192 g/mol. The van der Waals surface area contributed by atoms with Gasteiger partial charge in [-0.3, -0.25) is 4.79 Å². The Labute approximate surface area is 88.0 Å². The van der Waals surface area contributed by atoms with Gasteiger partial charge in [0.2, 0.25) is 0 Å². The minimum Gasteiger partial charge on any atom is -0.478 e. The number of hydrogen-bond donors (Lipinski definition) is 1. The SMILES string of the molecule is CCc1ccc(C(=O)/C=C/C(=O)O)cc1. The van der Waals surface area contributed by atoms with Crippen LogP contribution in [0.1, 0.15) is 22.8 Å². The van der Waals surface area contributed by atoms with Gasteiger partial charge in [-0.1, -0.05) is 31.2 Å². The predicted molar refractivity (Wildman–Crippen MR) is 56.9 cm³/mol. The smallest absolute Gasteiger partial charge is 0.328 e. The summed E-state index contributed by atoms with van der Waals surface area (Å²) in [6.07, 6.45) is 2.82. The molecule has 0 heterocycles. The number of aliphatic carboxylic acids is 1. The van der Waals surface area contributed by atoms with Crippen LogP contribution in [-0.4, -0.2) is 16.9 Å². The summed E-state index contributed by atoms with van der Waals surface area (Å²) < 4.78 is 0. The van der Waals surface area contributed by atoms with E-state index in [0.717, 1.165) is 24.1 Å². The standard InChI is InChI=1S/C12H12O3/c1-2-9-3-5-10(6-4-9)11(13)7-8-12(14)15/h3-8H,2H2,1H3,(H,14,15)/b8-7+. The highest BCUT2D eigenvalue weighted by atomic mass is 16.4. The lowest BCUT2D eigenvalue weighted by atomic mass is 10.1. The first-order valence-corrected chi connectivity index (χ1v) is 4.67. The van der Waals surface area contributed by atoms with Gasteiger partial charge in [0.05, 0.1) is 0 Å². The molecule has 0 amide bonds. The van der Waals surface area contributed by atoms with Gasteiger partial charge in [0, 0.05) is 11.6 Å². The Bertz CT molecular complexity index is 388. The van der Waals surface area contributed by atoms with Gasteiger partial charge in [0.15, 0.2) is 5.78 Å². The van der Waals surface area contributed by atoms with Crippen molar-refractivity contribution in [3.8, 4) is 0 Å². The molecule has 0 radical (unpaired) electrons. The van der Waals surface area contributed by atoms with Crippen molar-refractivity contribution in [3.05, 3.63) is 47.5 Å². The van der Waals surface area contributed by atoms with E-state index in [1.165, 1.54) is 0 Å². The van der Waals surface area contributed by atoms with E-state index in [2.05, 4.69) is 0 Å². The number of carbonyl (C=O) groups is 2. The van der Waals surface area contributed by atoms with E-state index in [4.69, 9.17) is 5.11 Å². The van der Waals surface area contributed by atoms with Crippen LogP contribution in [0.3, 0.4) is 0 Å². The molecule has 0 saturated heterocycles. The minimum absolute atomic E-state index is 0.292. The normalized spacial score (nSPS) is 10.5. The van der Waals surface area contributed by atoms with Crippen molar-refractivity contribution in [1.29, 1.82) is 0 Å². The monoisotopic (exact) mass is 204 g/mol. The van der Waals surface area contributed by atoms with E-state index in [1.807, 2.05) is 19.1 Å². The summed E-state index contributed by atoms with van der Waals surface area (Å²) >= 11 is 0. The molecule has 15 heavy (non-hydrogen) atoms. The predicted octanol–water partition coefficient (Wildman–Crippen LogP) is 2.07. The molecule has 0 spiro atoms. The Hall–Kier alpha value is -1.90. The van der Waals surface area contributed by atoms with Crippen LogP contribution in [0.4, 0.5) is 0 Å². The molecule has 1 aromatic rings. The van der Waals surface area contributed by atoms with Gasteiger partial charge in [-0.15, -0.1) is 0 Å². The number of rotatable bonds is 4. The van der Waals surface area contributed by atoms with Crippen LogP contribution in [-0.2, 0) is 11.2 Å². The molecule has 1 N–H and O–H groups in total. The molecule has 0 unspecified atom stereocenters. The van der Waals surface area contributed by atoms with Gasteiger partial charge in [0.1, 0.15) is 0 Å². The van der Waals surface area contributed by atoms with Crippen molar-refractivity contribution in [2.45, 2.75) is 13.3 Å². The zero-order valence-corrected chi connectivity index (χ0v) is 8.43. The zero-order valence-electron chi connectivity index (χ0n) is 8.43. The lowest BCUT2D eigenvalue weighted by Gasteiger charge is -1.98. The molecule has 0 atom stereocenters. The maximum absolute atomic E-state index is 11.4. The van der Waals surface area contributed by atoms with Crippen LogP contribution in [0, 0.1) is 0 Å². The number of ketones is 1. The average molecular weight is 204 g/mol. The number of carboxylic acid groups (broad SMARTS) is 1. The second-order valence-corrected chi connectivity index (χ2v) is 3.09. The number of benzene rings is 1. The Kier molecular flexibility index (Phi) is 3.80. The molecule has 0 aliphatic rings. The average Bonchev–Trinajstić information content (AvgIpc) is 2.26. The summed E-state index contributed by atoms with van der Waals surface area (Å²) in [6.45, 7) is 2.03. The van der Waals surface area contributed by atoms with Crippen LogP contribution in [0.15, 0.2) is 36.4 Å². The molecule has 1 aromatic carbocycles. The highest BCUT2D eigenvalue weighted by Crippen LogP contribution is 2.06. The van der Waals surface area contributed by atoms with Gasteiger partial charge >= 0.3 is 5.97 Å². The first-order valence-electron chi connectivity index (χ1n) is 4.67. The number of aryl methyl sites for hydroxylation is 1. The number of allylic oxidation sites excluding steroid dienone is 1. The molecule has 78 valence electrons. The summed E-state index contributed by atoms with van der Waals surface area (Å²) in [4.78, 5) is 21.6. The third-order valence-corrected chi connectivity index (χ3v) is 2.02. The molecular formula is C12H12O3. The summed E-state index contributed by atoms with van der Waals surface area (Å²) in [5, 5.41) is 8.35. The van der Waals surface area contributed by atoms with Gasteiger partial charge in [-0.05, 0) is 18.1 Å². The van der Waals surface area contributed by atoms with Gasteiger partial charge in [0.25, 0.3) is 0 Å². The fourth-order valence-electron chi connectivity index (χ4n) is 1.15. The van der Waals surface area contributed by atoms with Crippen molar-refractivity contribution < 1.29 is 14.7 Å². The highest BCUT2D eigenvalue weighted by molar-refractivity contribution is 6.06. The van der Waals surface area contributed by atoms with Crippen molar-refractivity contribution in [2.75, 3.05) is 0 Å². The zero-order chi connectivity index (χ0) is 11.3. The second-order valence-electron chi connectivity index (χ2n) is 3.09. The van der Waals surface area contributed by atoms with Crippen LogP contribution in [0.5, 0.6) is 0 Å². The first kappa shape index (κ1) is 11.2. The second kappa shape index (κ2) is 5.10. The van der Waals surface area contributed by atoms with Gasteiger partial charge < -0.3 is 5.11 Å². The van der Waals surface area contributed by atoms with E-state index >= 15 is 0 Å². The van der Waals surface area contributed by atoms with Crippen LogP contribution in [0.25, 0.3) is 0 Å². The summed E-state index contributed by atoms with van der Waals surface area (Å²) in [7, 11) is 0. The minimum atomic E-state index is -1.12. The van der Waals surface area contributed by atoms with Crippen molar-refractivity contribution in [2.24, 2.45) is 0 Å². The third-order valence-electron chi connectivity index (χ3n) is 2.02. The summed E-state index contributed by atoms with van der Waals surface area (Å²) in [5.41, 5.74) is 1.65. The van der Waals surface area contributed by atoms with E-state index in [0.29, 0.717) is 5.56 Å². The number of hydrogen-bond acceptors (Lipinski definition) is 2. The van der Waals surface area contributed by atoms with Gasteiger partial charge in [-0.25, -0.2) is 4.79 Å². The summed E-state index contributed by atoms with van der Waals surface area (Å²) in [6, 6.07) is 7.13.